The van der Waals surface area contributed by atoms with Crippen LogP contribution in [-0.2, 0) is 17.4 Å². The van der Waals surface area contributed by atoms with E-state index < -0.39 is 17.2 Å². The van der Waals surface area contributed by atoms with Crippen molar-refractivity contribution in [1.29, 1.82) is 0 Å². The van der Waals surface area contributed by atoms with Crippen molar-refractivity contribution >= 4 is 40.2 Å². The van der Waals surface area contributed by atoms with Crippen LogP contribution in [0.3, 0.4) is 0 Å². The van der Waals surface area contributed by atoms with Crippen LogP contribution in [0.5, 0.6) is 5.75 Å². The SMILES string of the molecule is COc1ccc2ncc(Cl)c(CCCC3(C(=O)NO)CCN(CCSc4cccc(C(F)(F)F)c4)CC3)c2c1. The van der Waals surface area contributed by atoms with Crippen LogP contribution < -0.4 is 10.2 Å². The van der Waals surface area contributed by atoms with Gasteiger partial charge in [-0.25, -0.2) is 5.48 Å². The molecule has 2 aromatic carbocycles. The molecule has 1 fully saturated rings. The van der Waals surface area contributed by atoms with Crippen LogP contribution in [-0.4, -0.2) is 53.5 Å². The fourth-order valence-corrected chi connectivity index (χ4v) is 6.37. The average molecular weight is 582 g/mol. The number of methoxy groups -OCH3 is 1. The lowest BCUT2D eigenvalue weighted by Gasteiger charge is -2.40. The molecule has 1 aromatic heterocycles. The molecule has 1 saturated heterocycles. The first-order chi connectivity index (χ1) is 18.6. The van der Waals surface area contributed by atoms with Crippen molar-refractivity contribution < 1.29 is 27.9 Å². The van der Waals surface area contributed by atoms with Gasteiger partial charge in [0.1, 0.15) is 5.75 Å². The first kappa shape index (κ1) is 29.5. The summed E-state index contributed by atoms with van der Waals surface area (Å²) in [5, 5.41) is 11.0. The predicted octanol–water partition coefficient (Wildman–Crippen LogP) is 6.62. The number of rotatable bonds is 10. The summed E-state index contributed by atoms with van der Waals surface area (Å²) < 4.78 is 44.3. The van der Waals surface area contributed by atoms with Crippen molar-refractivity contribution in [2.75, 3.05) is 32.5 Å². The molecular formula is C28H31ClF3N3O3S. The fourth-order valence-electron chi connectivity index (χ4n) is 5.16. The predicted molar refractivity (Wildman–Crippen MR) is 146 cm³/mol. The second-order valence-corrected chi connectivity index (χ2v) is 11.3. The second-order valence-electron chi connectivity index (χ2n) is 9.76. The molecule has 2 N–H and O–H groups in total. The van der Waals surface area contributed by atoms with Gasteiger partial charge in [0.25, 0.3) is 0 Å². The number of aromatic nitrogens is 1. The largest absolute Gasteiger partial charge is 0.497 e. The standard InChI is InChI=1S/C28H31ClF3N3O3S/c1-38-20-7-8-25-23(17-20)22(24(29)18-33-25)6-3-9-27(26(36)34-37)10-12-35(13-11-27)14-15-39-21-5-2-4-19(16-21)28(30,31)32/h2,4-5,7-8,16-18,37H,3,6,9-15H2,1H3,(H,34,36). The number of ether oxygens (including phenoxy) is 1. The molecule has 2 heterocycles. The molecule has 11 heteroatoms. The van der Waals surface area contributed by atoms with Crippen LogP contribution in [0, 0.1) is 5.41 Å². The number of nitrogens with zero attached hydrogens (tertiary/aromatic N) is 2. The Labute approximate surface area is 234 Å². The Bertz CT molecular complexity index is 1300. The number of carbonyl (C=O) groups is 1. The zero-order chi connectivity index (χ0) is 28.0. The monoisotopic (exact) mass is 581 g/mol. The summed E-state index contributed by atoms with van der Waals surface area (Å²) in [5.41, 5.74) is 2.28. The van der Waals surface area contributed by atoms with Crippen LogP contribution in [0.1, 0.15) is 36.8 Å². The highest BCUT2D eigenvalue weighted by molar-refractivity contribution is 7.99. The van der Waals surface area contributed by atoms with E-state index in [1.807, 2.05) is 23.7 Å². The molecule has 0 aliphatic carbocycles. The van der Waals surface area contributed by atoms with Gasteiger partial charge >= 0.3 is 6.18 Å². The Morgan fingerprint density at radius 3 is 2.69 bits per heavy atom. The fraction of sp³-hybridized carbons (Fsp3) is 0.429. The molecule has 39 heavy (non-hydrogen) atoms. The van der Waals surface area contributed by atoms with Crippen molar-refractivity contribution in [2.45, 2.75) is 43.2 Å². The molecule has 0 spiro atoms. The van der Waals surface area contributed by atoms with E-state index in [0.717, 1.165) is 22.5 Å². The molecule has 1 aliphatic heterocycles. The molecule has 0 unspecified atom stereocenters. The number of benzene rings is 2. The molecular weight excluding hydrogens is 551 g/mol. The molecule has 210 valence electrons. The minimum atomic E-state index is -4.36. The molecule has 0 saturated carbocycles. The first-order valence-corrected chi connectivity index (χ1v) is 14.1. The Morgan fingerprint density at radius 1 is 1.23 bits per heavy atom. The number of hydrogen-bond acceptors (Lipinski definition) is 6. The van der Waals surface area contributed by atoms with Gasteiger partial charge in [-0.2, -0.15) is 13.2 Å². The third-order valence-electron chi connectivity index (χ3n) is 7.45. The number of piperidine rings is 1. The van der Waals surface area contributed by atoms with E-state index in [0.29, 0.717) is 73.2 Å². The number of likely N-dealkylation sites (tertiary alicyclic amines) is 1. The second kappa shape index (κ2) is 12.8. The van der Waals surface area contributed by atoms with Crippen molar-refractivity contribution in [3.8, 4) is 5.75 Å². The van der Waals surface area contributed by atoms with E-state index in [1.54, 1.807) is 19.4 Å². The maximum atomic E-state index is 13.0. The summed E-state index contributed by atoms with van der Waals surface area (Å²) >= 11 is 7.88. The molecule has 0 bridgehead atoms. The van der Waals surface area contributed by atoms with E-state index in [1.165, 1.54) is 23.9 Å². The Kier molecular flexibility index (Phi) is 9.64. The smallest absolute Gasteiger partial charge is 0.416 e. The molecule has 0 radical (unpaired) electrons. The molecule has 3 aromatic rings. The zero-order valence-electron chi connectivity index (χ0n) is 21.6. The van der Waals surface area contributed by atoms with Crippen LogP contribution in [0.15, 0.2) is 53.6 Å². The minimum Gasteiger partial charge on any atom is -0.497 e. The lowest BCUT2D eigenvalue weighted by molar-refractivity contribution is -0.143. The number of hydroxylamine groups is 1. The van der Waals surface area contributed by atoms with Crippen LogP contribution >= 0.6 is 23.4 Å². The quantitative estimate of drug-likeness (QED) is 0.159. The van der Waals surface area contributed by atoms with Crippen molar-refractivity contribution in [1.82, 2.24) is 15.4 Å². The summed E-state index contributed by atoms with van der Waals surface area (Å²) in [6, 6.07) is 11.0. The summed E-state index contributed by atoms with van der Waals surface area (Å²) in [5.74, 6) is 0.966. The van der Waals surface area contributed by atoms with Gasteiger partial charge in [-0.05, 0) is 87.2 Å². The number of aryl methyl sites for hydroxylation is 1. The molecule has 4 rings (SSSR count). The molecule has 0 atom stereocenters. The topological polar surface area (TPSA) is 74.7 Å². The van der Waals surface area contributed by atoms with Gasteiger partial charge in [-0.15, -0.1) is 11.8 Å². The maximum absolute atomic E-state index is 13.0. The number of alkyl halides is 3. The van der Waals surface area contributed by atoms with E-state index in [2.05, 4.69) is 9.88 Å². The molecule has 1 aliphatic rings. The third-order valence-corrected chi connectivity index (χ3v) is 8.75. The average Bonchev–Trinajstić information content (AvgIpc) is 2.94. The lowest BCUT2D eigenvalue weighted by Crippen LogP contribution is -2.48. The van der Waals surface area contributed by atoms with Gasteiger partial charge < -0.3 is 9.64 Å². The number of carbonyl (C=O) groups excluding carboxylic acids is 1. The highest BCUT2D eigenvalue weighted by atomic mass is 35.5. The van der Waals surface area contributed by atoms with Gasteiger partial charge in [0, 0.05) is 28.8 Å². The molecule has 1 amide bonds. The number of thioether (sulfide) groups is 1. The van der Waals surface area contributed by atoms with Crippen LogP contribution in [0.25, 0.3) is 10.9 Å². The Morgan fingerprint density at radius 2 is 2.00 bits per heavy atom. The van der Waals surface area contributed by atoms with E-state index in [9.17, 15) is 23.2 Å². The Hall–Kier alpha value is -2.53. The molecule has 6 nitrogen and oxygen atoms in total. The summed E-state index contributed by atoms with van der Waals surface area (Å²) in [4.78, 5) is 20.0. The van der Waals surface area contributed by atoms with Crippen LogP contribution in [0.4, 0.5) is 13.2 Å². The number of nitrogens with one attached hydrogen (secondary N) is 1. The Balaban J connectivity index is 1.34. The lowest BCUT2D eigenvalue weighted by atomic mass is 9.73. The summed E-state index contributed by atoms with van der Waals surface area (Å²) in [6.45, 7) is 2.01. The number of fused-ring (bicyclic) bond motifs is 1. The number of amides is 1. The highest BCUT2D eigenvalue weighted by Gasteiger charge is 2.40. The van der Waals surface area contributed by atoms with E-state index >= 15 is 0 Å². The van der Waals surface area contributed by atoms with E-state index in [4.69, 9.17) is 16.3 Å². The van der Waals surface area contributed by atoms with Gasteiger partial charge in [-0.3, -0.25) is 15.0 Å². The third kappa shape index (κ3) is 7.16. The van der Waals surface area contributed by atoms with E-state index in [-0.39, 0.29) is 5.91 Å². The summed E-state index contributed by atoms with van der Waals surface area (Å²) in [6.07, 6.45) is 0.340. The highest BCUT2D eigenvalue weighted by Crippen LogP contribution is 2.38. The number of halogens is 4. The van der Waals surface area contributed by atoms with Crippen molar-refractivity contribution in [3.05, 3.63) is 64.8 Å². The normalized spacial score (nSPS) is 15.8. The van der Waals surface area contributed by atoms with Gasteiger partial charge in [0.2, 0.25) is 5.91 Å². The number of hydrogen-bond donors (Lipinski definition) is 2. The van der Waals surface area contributed by atoms with Crippen molar-refractivity contribution in [2.24, 2.45) is 5.41 Å². The number of pyridine rings is 1. The maximum Gasteiger partial charge on any atom is 0.416 e. The first-order valence-electron chi connectivity index (χ1n) is 12.7. The van der Waals surface area contributed by atoms with Gasteiger partial charge in [0.05, 0.1) is 28.6 Å². The van der Waals surface area contributed by atoms with Crippen molar-refractivity contribution in [3.63, 3.8) is 0 Å². The van der Waals surface area contributed by atoms with Gasteiger partial charge in [-0.1, -0.05) is 17.7 Å². The summed E-state index contributed by atoms with van der Waals surface area (Å²) in [7, 11) is 1.60. The van der Waals surface area contributed by atoms with Gasteiger partial charge in [0.15, 0.2) is 0 Å². The minimum absolute atomic E-state index is 0.382. The zero-order valence-corrected chi connectivity index (χ0v) is 23.1. The van der Waals surface area contributed by atoms with Crippen LogP contribution in [0.2, 0.25) is 5.02 Å².